The second kappa shape index (κ2) is 7.47. The van der Waals surface area contributed by atoms with E-state index >= 15 is 0 Å². The van der Waals surface area contributed by atoms with Crippen molar-refractivity contribution in [2.24, 2.45) is 0 Å². The number of hydrogen-bond acceptors (Lipinski definition) is 4. The van der Waals surface area contributed by atoms with Gasteiger partial charge in [-0.3, -0.25) is 9.59 Å². The first-order valence-corrected chi connectivity index (χ1v) is 7.39. The molecule has 0 radical (unpaired) electrons. The maximum absolute atomic E-state index is 12.4. The van der Waals surface area contributed by atoms with E-state index < -0.39 is 5.97 Å². The van der Waals surface area contributed by atoms with E-state index in [0.717, 1.165) is 0 Å². The lowest BCUT2D eigenvalue weighted by Crippen LogP contribution is -2.41. The van der Waals surface area contributed by atoms with Crippen LogP contribution < -0.4 is 0 Å². The molecule has 0 atom stereocenters. The van der Waals surface area contributed by atoms with Crippen LogP contribution in [0.4, 0.5) is 0 Å². The van der Waals surface area contributed by atoms with Gasteiger partial charge in [0, 0.05) is 11.6 Å². The Morgan fingerprint density at radius 2 is 2.05 bits per heavy atom. The lowest BCUT2D eigenvalue weighted by Gasteiger charge is -2.25. The van der Waals surface area contributed by atoms with Crippen molar-refractivity contribution in [3.8, 4) is 5.75 Å². The van der Waals surface area contributed by atoms with Crippen LogP contribution in [0.2, 0.25) is 0 Å². The summed E-state index contributed by atoms with van der Waals surface area (Å²) in [6, 6.07) is 4.55. The topological polar surface area (TPSA) is 66.8 Å². The molecule has 0 saturated heterocycles. The molecule has 0 unspecified atom stereocenters. The molecule has 5 nitrogen and oxygen atoms in total. The first-order valence-electron chi connectivity index (χ1n) is 6.32. The van der Waals surface area contributed by atoms with Crippen molar-refractivity contribution < 1.29 is 19.4 Å². The highest BCUT2D eigenvalue weighted by Crippen LogP contribution is 2.21. The fourth-order valence-electron chi connectivity index (χ4n) is 1.65. The largest absolute Gasteiger partial charge is 0.507 e. The van der Waals surface area contributed by atoms with Crippen LogP contribution in [-0.2, 0) is 9.53 Å². The highest BCUT2D eigenvalue weighted by atomic mass is 127. The van der Waals surface area contributed by atoms with E-state index in [1.165, 1.54) is 11.0 Å². The Bertz CT molecular complexity index is 502. The molecule has 0 saturated carbocycles. The molecular weight excluding hydrogens is 373 g/mol. The van der Waals surface area contributed by atoms with E-state index in [2.05, 4.69) is 0 Å². The number of rotatable bonds is 5. The lowest BCUT2D eigenvalue weighted by molar-refractivity contribution is -0.144. The molecule has 1 N–H and O–H groups in total. The molecule has 1 aromatic carbocycles. The van der Waals surface area contributed by atoms with Gasteiger partial charge in [-0.25, -0.2) is 0 Å². The third-order valence-corrected chi connectivity index (χ3v) is 3.59. The fourth-order valence-corrected chi connectivity index (χ4v) is 1.98. The Morgan fingerprint density at radius 1 is 1.40 bits per heavy atom. The van der Waals surface area contributed by atoms with Crippen LogP contribution in [0.1, 0.15) is 31.1 Å². The normalized spacial score (nSPS) is 10.4. The minimum Gasteiger partial charge on any atom is -0.507 e. The molecule has 0 bridgehead atoms. The molecule has 0 spiro atoms. The molecule has 110 valence electrons. The van der Waals surface area contributed by atoms with Gasteiger partial charge in [0.25, 0.3) is 5.91 Å². The van der Waals surface area contributed by atoms with E-state index in [1.54, 1.807) is 19.1 Å². The molecule has 0 aromatic heterocycles. The van der Waals surface area contributed by atoms with Gasteiger partial charge in [-0.15, -0.1) is 0 Å². The third-order valence-electron chi connectivity index (χ3n) is 2.68. The number of carbonyl (C=O) groups is 2. The highest BCUT2D eigenvalue weighted by Gasteiger charge is 2.22. The van der Waals surface area contributed by atoms with Crippen LogP contribution in [0.3, 0.4) is 0 Å². The van der Waals surface area contributed by atoms with Gasteiger partial charge < -0.3 is 14.7 Å². The predicted molar refractivity (Wildman–Crippen MR) is 83.6 cm³/mol. The molecule has 1 rings (SSSR count). The molecule has 6 heteroatoms. The van der Waals surface area contributed by atoms with Gasteiger partial charge in [0.05, 0.1) is 10.2 Å². The van der Waals surface area contributed by atoms with E-state index in [1.807, 2.05) is 36.4 Å². The molecule has 0 heterocycles. The fraction of sp³-hybridized carbons (Fsp3) is 0.429. The summed E-state index contributed by atoms with van der Waals surface area (Å²) >= 11 is 1.98. The number of benzene rings is 1. The summed E-state index contributed by atoms with van der Waals surface area (Å²) in [7, 11) is 0. The predicted octanol–water partition coefficient (Wildman–Crippen LogP) is 2.41. The van der Waals surface area contributed by atoms with Gasteiger partial charge in [0.1, 0.15) is 12.3 Å². The van der Waals surface area contributed by atoms with Crippen molar-refractivity contribution in [3.05, 3.63) is 27.3 Å². The number of carbonyl (C=O) groups excluding carboxylic acids is 2. The van der Waals surface area contributed by atoms with Crippen LogP contribution >= 0.6 is 22.6 Å². The number of hydrogen-bond donors (Lipinski definition) is 1. The SMILES string of the molecule is CCOC(=O)CN(C(=O)c1ccc(I)c(O)c1)C(C)C. The summed E-state index contributed by atoms with van der Waals surface area (Å²) in [5.74, 6) is -0.694. The quantitative estimate of drug-likeness (QED) is 0.619. The molecule has 0 aliphatic rings. The molecule has 1 amide bonds. The standard InChI is InChI=1S/C14H18INO4/c1-4-20-13(18)8-16(9(2)3)14(19)10-5-6-11(15)12(17)7-10/h5-7,9,17H,4,8H2,1-3H3. The summed E-state index contributed by atoms with van der Waals surface area (Å²) in [5, 5.41) is 9.67. The van der Waals surface area contributed by atoms with Crippen LogP contribution in [-0.4, -0.2) is 41.1 Å². The molecule has 0 fully saturated rings. The monoisotopic (exact) mass is 391 g/mol. The zero-order valence-electron chi connectivity index (χ0n) is 11.7. The van der Waals surface area contributed by atoms with Crippen molar-refractivity contribution in [1.82, 2.24) is 4.90 Å². The number of ether oxygens (including phenoxy) is 1. The van der Waals surface area contributed by atoms with Gasteiger partial charge in [0.2, 0.25) is 0 Å². The van der Waals surface area contributed by atoms with E-state index in [9.17, 15) is 14.7 Å². The summed E-state index contributed by atoms with van der Waals surface area (Å²) < 4.78 is 5.54. The number of amides is 1. The van der Waals surface area contributed by atoms with Gasteiger partial charge in [-0.1, -0.05) is 0 Å². The van der Waals surface area contributed by atoms with E-state index in [0.29, 0.717) is 9.13 Å². The van der Waals surface area contributed by atoms with Gasteiger partial charge in [0.15, 0.2) is 0 Å². The molecule has 1 aromatic rings. The molecule has 0 aliphatic carbocycles. The molecule has 20 heavy (non-hydrogen) atoms. The number of nitrogens with zero attached hydrogens (tertiary/aromatic N) is 1. The lowest BCUT2D eigenvalue weighted by atomic mass is 10.1. The summed E-state index contributed by atoms with van der Waals surface area (Å²) in [6.45, 7) is 5.55. The number of aromatic hydroxyl groups is 1. The average Bonchev–Trinajstić information content (AvgIpc) is 2.38. The third kappa shape index (κ3) is 4.36. The zero-order chi connectivity index (χ0) is 15.3. The second-order valence-corrected chi connectivity index (χ2v) is 5.66. The Kier molecular flexibility index (Phi) is 6.25. The average molecular weight is 391 g/mol. The van der Waals surface area contributed by atoms with Crippen LogP contribution in [0.15, 0.2) is 18.2 Å². The zero-order valence-corrected chi connectivity index (χ0v) is 13.9. The number of halogens is 1. The van der Waals surface area contributed by atoms with Crippen molar-refractivity contribution >= 4 is 34.5 Å². The smallest absolute Gasteiger partial charge is 0.325 e. The van der Waals surface area contributed by atoms with Crippen LogP contribution in [0.5, 0.6) is 5.75 Å². The van der Waals surface area contributed by atoms with E-state index in [-0.39, 0.29) is 30.9 Å². The Morgan fingerprint density at radius 3 is 2.55 bits per heavy atom. The first kappa shape index (κ1) is 16.7. The van der Waals surface area contributed by atoms with Crippen LogP contribution in [0, 0.1) is 3.57 Å². The van der Waals surface area contributed by atoms with Gasteiger partial charge in [-0.05, 0) is 61.6 Å². The minimum absolute atomic E-state index is 0.0521. The van der Waals surface area contributed by atoms with Gasteiger partial charge >= 0.3 is 5.97 Å². The molecule has 0 aliphatic heterocycles. The maximum Gasteiger partial charge on any atom is 0.325 e. The van der Waals surface area contributed by atoms with Crippen LogP contribution in [0.25, 0.3) is 0 Å². The Balaban J connectivity index is 2.93. The number of phenolic OH excluding ortho intramolecular Hbond substituents is 1. The van der Waals surface area contributed by atoms with E-state index in [4.69, 9.17) is 4.74 Å². The molecular formula is C14H18INO4. The summed E-state index contributed by atoms with van der Waals surface area (Å²) in [6.07, 6.45) is 0. The maximum atomic E-state index is 12.4. The van der Waals surface area contributed by atoms with Crippen molar-refractivity contribution in [2.75, 3.05) is 13.2 Å². The van der Waals surface area contributed by atoms with Crippen molar-refractivity contribution in [2.45, 2.75) is 26.8 Å². The minimum atomic E-state index is -0.440. The summed E-state index contributed by atoms with van der Waals surface area (Å²) in [5.41, 5.74) is 0.348. The second-order valence-electron chi connectivity index (χ2n) is 4.50. The highest BCUT2D eigenvalue weighted by molar-refractivity contribution is 14.1. The Hall–Kier alpha value is -1.31. The number of esters is 1. The number of phenols is 1. The summed E-state index contributed by atoms with van der Waals surface area (Å²) in [4.78, 5) is 25.4. The van der Waals surface area contributed by atoms with Crippen molar-refractivity contribution in [3.63, 3.8) is 0 Å². The van der Waals surface area contributed by atoms with Gasteiger partial charge in [-0.2, -0.15) is 0 Å². The Labute approximate surface area is 132 Å². The first-order chi connectivity index (χ1) is 9.36. The van der Waals surface area contributed by atoms with Crippen molar-refractivity contribution in [1.29, 1.82) is 0 Å².